The number of hydrogen-bond acceptors (Lipinski definition) is 3. The van der Waals surface area contributed by atoms with Crippen molar-refractivity contribution in [2.75, 3.05) is 13.1 Å². The second kappa shape index (κ2) is 9.00. The van der Waals surface area contributed by atoms with Gasteiger partial charge in [0.1, 0.15) is 0 Å². The second-order valence-corrected chi connectivity index (χ2v) is 9.77. The number of hydrogen-bond donors (Lipinski definition) is 1. The SMILES string of the molecule is CC(C)C(NC(=O)c1cccc(S(=O)(=O)N2CCCCCC2)c1)C(C)C. The number of nitrogens with zero attached hydrogens (tertiary/aromatic N) is 1. The fraction of sp³-hybridized carbons (Fsp3) is 0.650. The Morgan fingerprint density at radius 1 is 1.00 bits per heavy atom. The summed E-state index contributed by atoms with van der Waals surface area (Å²) >= 11 is 0. The van der Waals surface area contributed by atoms with Crippen LogP contribution in [0.4, 0.5) is 0 Å². The van der Waals surface area contributed by atoms with Crippen molar-refractivity contribution in [1.82, 2.24) is 9.62 Å². The molecule has 0 bridgehead atoms. The molecule has 1 fully saturated rings. The van der Waals surface area contributed by atoms with E-state index in [9.17, 15) is 13.2 Å². The highest BCUT2D eigenvalue weighted by atomic mass is 32.2. The topological polar surface area (TPSA) is 66.5 Å². The molecule has 1 N–H and O–H groups in total. The molecule has 0 saturated carbocycles. The lowest BCUT2D eigenvalue weighted by molar-refractivity contribution is 0.0910. The molecule has 2 rings (SSSR count). The summed E-state index contributed by atoms with van der Waals surface area (Å²) in [5.41, 5.74) is 0.396. The molecular weight excluding hydrogens is 348 g/mol. The van der Waals surface area contributed by atoms with Crippen LogP contribution in [0.2, 0.25) is 0 Å². The van der Waals surface area contributed by atoms with E-state index in [1.54, 1.807) is 22.5 Å². The second-order valence-electron chi connectivity index (χ2n) is 7.83. The van der Waals surface area contributed by atoms with Crippen LogP contribution in [-0.2, 0) is 10.0 Å². The van der Waals surface area contributed by atoms with Crippen LogP contribution in [0.25, 0.3) is 0 Å². The lowest BCUT2D eigenvalue weighted by Crippen LogP contribution is -2.42. The molecule has 1 amide bonds. The summed E-state index contributed by atoms with van der Waals surface area (Å²) in [4.78, 5) is 12.9. The fourth-order valence-corrected chi connectivity index (χ4v) is 5.13. The van der Waals surface area contributed by atoms with Crippen molar-refractivity contribution in [3.63, 3.8) is 0 Å². The first-order valence-corrected chi connectivity index (χ1v) is 11.1. The van der Waals surface area contributed by atoms with Crippen LogP contribution in [0.1, 0.15) is 63.7 Å². The van der Waals surface area contributed by atoms with Gasteiger partial charge < -0.3 is 5.32 Å². The minimum absolute atomic E-state index is 0.0494. The Hall–Kier alpha value is -1.40. The van der Waals surface area contributed by atoms with E-state index in [2.05, 4.69) is 33.0 Å². The molecule has 1 saturated heterocycles. The maximum absolute atomic E-state index is 12.9. The summed E-state index contributed by atoms with van der Waals surface area (Å²) in [6.07, 6.45) is 3.92. The van der Waals surface area contributed by atoms with Crippen LogP contribution in [0, 0.1) is 11.8 Å². The maximum Gasteiger partial charge on any atom is 0.251 e. The third kappa shape index (κ3) is 5.07. The Labute approximate surface area is 158 Å². The molecule has 0 radical (unpaired) electrons. The van der Waals surface area contributed by atoms with Gasteiger partial charge in [0.05, 0.1) is 4.90 Å². The minimum Gasteiger partial charge on any atom is -0.349 e. The largest absolute Gasteiger partial charge is 0.349 e. The van der Waals surface area contributed by atoms with Gasteiger partial charge in [-0.15, -0.1) is 0 Å². The standard InChI is InChI=1S/C20H32N2O3S/c1-15(2)19(16(3)4)21-20(23)17-10-9-11-18(14-17)26(24,25)22-12-7-5-6-8-13-22/h9-11,14-16,19H,5-8,12-13H2,1-4H3,(H,21,23). The van der Waals surface area contributed by atoms with E-state index >= 15 is 0 Å². The predicted molar refractivity (Wildman–Crippen MR) is 105 cm³/mol. The van der Waals surface area contributed by atoms with Crippen molar-refractivity contribution in [3.8, 4) is 0 Å². The van der Waals surface area contributed by atoms with Crippen LogP contribution in [-0.4, -0.2) is 37.8 Å². The normalized spacial score (nSPS) is 16.9. The number of carbonyl (C=O) groups excluding carboxylic acids is 1. The van der Waals surface area contributed by atoms with E-state index in [4.69, 9.17) is 0 Å². The van der Waals surface area contributed by atoms with Crippen molar-refractivity contribution in [2.24, 2.45) is 11.8 Å². The third-order valence-corrected chi connectivity index (χ3v) is 6.93. The average Bonchev–Trinajstić information content (AvgIpc) is 2.89. The number of sulfonamides is 1. The molecule has 1 aliphatic heterocycles. The maximum atomic E-state index is 12.9. The van der Waals surface area contributed by atoms with Gasteiger partial charge in [0.2, 0.25) is 10.0 Å². The zero-order valence-electron chi connectivity index (χ0n) is 16.4. The van der Waals surface area contributed by atoms with Gasteiger partial charge >= 0.3 is 0 Å². The summed E-state index contributed by atoms with van der Waals surface area (Å²) in [6.45, 7) is 9.41. The van der Waals surface area contributed by atoms with Gasteiger partial charge in [0, 0.05) is 24.7 Å². The summed E-state index contributed by atoms with van der Waals surface area (Å²) in [6, 6.07) is 6.47. The molecular formula is C20H32N2O3S. The molecule has 0 unspecified atom stereocenters. The van der Waals surface area contributed by atoms with E-state index < -0.39 is 10.0 Å². The van der Waals surface area contributed by atoms with Crippen LogP contribution in [0.15, 0.2) is 29.2 Å². The number of benzene rings is 1. The van der Waals surface area contributed by atoms with Gasteiger partial charge in [0.25, 0.3) is 5.91 Å². The lowest BCUT2D eigenvalue weighted by Gasteiger charge is -2.26. The molecule has 0 aliphatic carbocycles. The smallest absolute Gasteiger partial charge is 0.251 e. The first-order valence-electron chi connectivity index (χ1n) is 9.64. The summed E-state index contributed by atoms with van der Waals surface area (Å²) in [5, 5.41) is 3.05. The Bertz CT molecular complexity index is 698. The molecule has 0 spiro atoms. The van der Waals surface area contributed by atoms with Gasteiger partial charge in [-0.2, -0.15) is 4.31 Å². The van der Waals surface area contributed by atoms with Crippen molar-refractivity contribution in [1.29, 1.82) is 0 Å². The lowest BCUT2D eigenvalue weighted by atomic mass is 9.93. The number of carbonyl (C=O) groups is 1. The highest BCUT2D eigenvalue weighted by molar-refractivity contribution is 7.89. The summed E-state index contributed by atoms with van der Waals surface area (Å²) < 4.78 is 27.5. The van der Waals surface area contributed by atoms with Crippen molar-refractivity contribution in [3.05, 3.63) is 29.8 Å². The molecule has 1 aromatic rings. The molecule has 0 aromatic heterocycles. The van der Waals surface area contributed by atoms with Gasteiger partial charge in [-0.25, -0.2) is 8.42 Å². The Kier molecular flexibility index (Phi) is 7.24. The van der Waals surface area contributed by atoms with Gasteiger partial charge in [-0.05, 0) is 42.9 Å². The van der Waals surface area contributed by atoms with Crippen molar-refractivity contribution in [2.45, 2.75) is 64.3 Å². The monoisotopic (exact) mass is 380 g/mol. The minimum atomic E-state index is -3.55. The highest BCUT2D eigenvalue weighted by Gasteiger charge is 2.26. The molecule has 5 nitrogen and oxygen atoms in total. The first-order chi connectivity index (χ1) is 12.2. The number of nitrogens with one attached hydrogen (secondary N) is 1. The quantitative estimate of drug-likeness (QED) is 0.819. The molecule has 6 heteroatoms. The van der Waals surface area contributed by atoms with Gasteiger partial charge in [-0.3, -0.25) is 4.79 Å². The van der Waals surface area contributed by atoms with Crippen LogP contribution in [0.5, 0.6) is 0 Å². The zero-order valence-corrected chi connectivity index (χ0v) is 17.2. The molecule has 0 atom stereocenters. The van der Waals surface area contributed by atoms with Crippen LogP contribution >= 0.6 is 0 Å². The molecule has 1 aromatic carbocycles. The fourth-order valence-electron chi connectivity index (χ4n) is 3.57. The van der Waals surface area contributed by atoms with E-state index in [-0.39, 0.29) is 16.8 Å². The molecule has 1 aliphatic rings. The zero-order chi connectivity index (χ0) is 19.3. The van der Waals surface area contributed by atoms with Gasteiger partial charge in [-0.1, -0.05) is 46.6 Å². The molecule has 26 heavy (non-hydrogen) atoms. The van der Waals surface area contributed by atoms with E-state index in [0.29, 0.717) is 30.5 Å². The Morgan fingerprint density at radius 3 is 2.12 bits per heavy atom. The molecule has 1 heterocycles. The number of amides is 1. The Morgan fingerprint density at radius 2 is 1.58 bits per heavy atom. The number of rotatable bonds is 6. The first kappa shape index (κ1) is 20.9. The van der Waals surface area contributed by atoms with Crippen LogP contribution < -0.4 is 5.32 Å². The highest BCUT2D eigenvalue weighted by Crippen LogP contribution is 2.21. The third-order valence-electron chi connectivity index (χ3n) is 5.03. The predicted octanol–water partition coefficient (Wildman–Crippen LogP) is 3.66. The average molecular weight is 381 g/mol. The van der Waals surface area contributed by atoms with Crippen molar-refractivity contribution < 1.29 is 13.2 Å². The Balaban J connectivity index is 2.22. The van der Waals surface area contributed by atoms with E-state index in [0.717, 1.165) is 25.7 Å². The van der Waals surface area contributed by atoms with Crippen molar-refractivity contribution >= 4 is 15.9 Å². The van der Waals surface area contributed by atoms with Crippen LogP contribution in [0.3, 0.4) is 0 Å². The molecule has 146 valence electrons. The summed E-state index contributed by atoms with van der Waals surface area (Å²) in [5.74, 6) is 0.399. The van der Waals surface area contributed by atoms with Gasteiger partial charge in [0.15, 0.2) is 0 Å². The van der Waals surface area contributed by atoms with E-state index in [1.165, 1.54) is 6.07 Å². The summed E-state index contributed by atoms with van der Waals surface area (Å²) in [7, 11) is -3.55. The van der Waals surface area contributed by atoms with E-state index in [1.807, 2.05) is 0 Å².